The summed E-state index contributed by atoms with van der Waals surface area (Å²) in [6.45, 7) is 3.89. The topological polar surface area (TPSA) is 59.8 Å². The molecule has 0 bridgehead atoms. The lowest BCUT2D eigenvalue weighted by Crippen LogP contribution is -2.15. The minimum absolute atomic E-state index is 0.170. The standard InChI is InChI=1S/C21H18N4OS/c1-14-8-10-17(11-9-14)20(26)24-19-12-22-15(2)25(19)21-23-18(13-27-21)16-6-4-3-5-7-16/h3-13H,1-2H3,(H,24,26). The average Bonchev–Trinajstić information content (AvgIpc) is 3.30. The van der Waals surface area contributed by atoms with Crippen LogP contribution in [0.25, 0.3) is 16.4 Å². The van der Waals surface area contributed by atoms with E-state index in [9.17, 15) is 4.79 Å². The number of aryl methyl sites for hydroxylation is 2. The zero-order valence-electron chi connectivity index (χ0n) is 15.0. The molecule has 1 N–H and O–H groups in total. The molecule has 0 spiro atoms. The highest BCUT2D eigenvalue weighted by Crippen LogP contribution is 2.27. The van der Waals surface area contributed by atoms with Crippen molar-refractivity contribution in [1.29, 1.82) is 0 Å². The van der Waals surface area contributed by atoms with Crippen molar-refractivity contribution >= 4 is 23.1 Å². The van der Waals surface area contributed by atoms with Gasteiger partial charge in [0.25, 0.3) is 5.91 Å². The summed E-state index contributed by atoms with van der Waals surface area (Å²) in [5.41, 5.74) is 3.68. The first-order valence-corrected chi connectivity index (χ1v) is 9.43. The second kappa shape index (κ2) is 7.17. The number of hydrogen-bond donors (Lipinski definition) is 1. The molecule has 0 aliphatic heterocycles. The average molecular weight is 374 g/mol. The maximum atomic E-state index is 12.6. The first-order valence-electron chi connectivity index (χ1n) is 8.55. The van der Waals surface area contributed by atoms with Crippen LogP contribution in [0.2, 0.25) is 0 Å². The highest BCUT2D eigenvalue weighted by atomic mass is 32.1. The predicted octanol–water partition coefficient (Wildman–Crippen LogP) is 4.86. The SMILES string of the molecule is Cc1ccc(C(=O)Nc2cnc(C)n2-c2nc(-c3ccccc3)cs2)cc1. The highest BCUT2D eigenvalue weighted by molar-refractivity contribution is 7.12. The fraction of sp³-hybridized carbons (Fsp3) is 0.0952. The van der Waals surface area contributed by atoms with E-state index in [1.165, 1.54) is 11.3 Å². The van der Waals surface area contributed by atoms with Crippen LogP contribution in [0.1, 0.15) is 21.7 Å². The minimum Gasteiger partial charge on any atom is -0.306 e. The number of aromatic nitrogens is 3. The van der Waals surface area contributed by atoms with Gasteiger partial charge in [-0.3, -0.25) is 9.36 Å². The van der Waals surface area contributed by atoms with Crippen LogP contribution in [0.15, 0.2) is 66.2 Å². The molecule has 4 aromatic rings. The Balaban J connectivity index is 1.63. The lowest BCUT2D eigenvalue weighted by molar-refractivity contribution is 0.102. The van der Waals surface area contributed by atoms with Gasteiger partial charge in [-0.25, -0.2) is 9.97 Å². The number of amides is 1. The monoisotopic (exact) mass is 374 g/mol. The molecular formula is C21H18N4OS. The summed E-state index contributed by atoms with van der Waals surface area (Å²) in [7, 11) is 0. The van der Waals surface area contributed by atoms with E-state index < -0.39 is 0 Å². The van der Waals surface area contributed by atoms with Crippen LogP contribution in [0.5, 0.6) is 0 Å². The number of carbonyl (C=O) groups excluding carboxylic acids is 1. The number of carbonyl (C=O) groups is 1. The Hall–Kier alpha value is -3.25. The third-order valence-electron chi connectivity index (χ3n) is 4.25. The first kappa shape index (κ1) is 17.2. The Bertz CT molecular complexity index is 1080. The second-order valence-corrected chi connectivity index (χ2v) is 7.06. The van der Waals surface area contributed by atoms with Gasteiger partial charge >= 0.3 is 0 Å². The number of nitrogens with one attached hydrogen (secondary N) is 1. The van der Waals surface area contributed by atoms with E-state index >= 15 is 0 Å². The molecule has 0 saturated carbocycles. The largest absolute Gasteiger partial charge is 0.306 e. The van der Waals surface area contributed by atoms with Crippen molar-refractivity contribution in [2.24, 2.45) is 0 Å². The molecule has 0 fully saturated rings. The molecule has 0 aliphatic rings. The smallest absolute Gasteiger partial charge is 0.256 e. The van der Waals surface area contributed by atoms with Gasteiger partial charge in [0, 0.05) is 16.5 Å². The molecule has 0 saturated heterocycles. The summed E-state index contributed by atoms with van der Waals surface area (Å²) >= 11 is 1.52. The van der Waals surface area contributed by atoms with Gasteiger partial charge in [-0.2, -0.15) is 0 Å². The molecular weight excluding hydrogens is 356 g/mol. The Morgan fingerprint density at radius 1 is 1.04 bits per heavy atom. The van der Waals surface area contributed by atoms with Crippen LogP contribution in [0.3, 0.4) is 0 Å². The predicted molar refractivity (Wildman–Crippen MR) is 109 cm³/mol. The van der Waals surface area contributed by atoms with E-state index in [-0.39, 0.29) is 5.91 Å². The van der Waals surface area contributed by atoms with E-state index in [2.05, 4.69) is 10.3 Å². The van der Waals surface area contributed by atoms with Crippen molar-refractivity contribution in [3.63, 3.8) is 0 Å². The summed E-state index contributed by atoms with van der Waals surface area (Å²) in [4.78, 5) is 21.7. The molecule has 27 heavy (non-hydrogen) atoms. The molecule has 0 atom stereocenters. The minimum atomic E-state index is -0.170. The molecule has 0 aliphatic carbocycles. The van der Waals surface area contributed by atoms with Crippen molar-refractivity contribution in [3.05, 3.63) is 83.1 Å². The number of thiazole rings is 1. The third-order valence-corrected chi connectivity index (χ3v) is 5.07. The van der Waals surface area contributed by atoms with E-state index in [0.717, 1.165) is 27.8 Å². The normalized spacial score (nSPS) is 10.7. The molecule has 1 amide bonds. The Morgan fingerprint density at radius 2 is 1.78 bits per heavy atom. The van der Waals surface area contributed by atoms with Gasteiger partial charge in [0.05, 0.1) is 11.9 Å². The summed E-state index contributed by atoms with van der Waals surface area (Å²) in [5, 5.41) is 5.72. The van der Waals surface area contributed by atoms with Gasteiger partial charge < -0.3 is 5.32 Å². The molecule has 2 aromatic carbocycles. The number of anilines is 1. The Morgan fingerprint density at radius 3 is 2.52 bits per heavy atom. The Kier molecular flexibility index (Phi) is 4.56. The van der Waals surface area contributed by atoms with E-state index in [0.29, 0.717) is 11.4 Å². The maximum absolute atomic E-state index is 12.6. The van der Waals surface area contributed by atoms with Crippen LogP contribution < -0.4 is 5.32 Å². The molecule has 5 nitrogen and oxygen atoms in total. The molecule has 2 aromatic heterocycles. The molecule has 6 heteroatoms. The van der Waals surface area contributed by atoms with Crippen molar-refractivity contribution < 1.29 is 4.79 Å². The lowest BCUT2D eigenvalue weighted by Gasteiger charge is -2.09. The maximum Gasteiger partial charge on any atom is 0.256 e. The number of benzene rings is 2. The van der Waals surface area contributed by atoms with Gasteiger partial charge in [0.2, 0.25) is 0 Å². The number of imidazole rings is 1. The van der Waals surface area contributed by atoms with Gasteiger partial charge in [-0.15, -0.1) is 11.3 Å². The summed E-state index contributed by atoms with van der Waals surface area (Å²) < 4.78 is 1.86. The fourth-order valence-corrected chi connectivity index (χ4v) is 3.67. The molecule has 0 unspecified atom stereocenters. The van der Waals surface area contributed by atoms with E-state index in [1.807, 2.05) is 78.4 Å². The van der Waals surface area contributed by atoms with Gasteiger partial charge in [-0.1, -0.05) is 48.0 Å². The van der Waals surface area contributed by atoms with E-state index in [4.69, 9.17) is 4.98 Å². The Labute approximate surface area is 161 Å². The summed E-state index contributed by atoms with van der Waals surface area (Å²) in [5.74, 6) is 1.20. The fourth-order valence-electron chi connectivity index (χ4n) is 2.78. The van der Waals surface area contributed by atoms with E-state index in [1.54, 1.807) is 6.20 Å². The van der Waals surface area contributed by atoms with Gasteiger partial charge in [-0.05, 0) is 26.0 Å². The summed E-state index contributed by atoms with van der Waals surface area (Å²) in [6.07, 6.45) is 1.66. The molecule has 4 rings (SSSR count). The van der Waals surface area contributed by atoms with Gasteiger partial charge in [0.1, 0.15) is 11.6 Å². The van der Waals surface area contributed by atoms with Crippen molar-refractivity contribution in [3.8, 4) is 16.4 Å². The zero-order chi connectivity index (χ0) is 18.8. The molecule has 2 heterocycles. The lowest BCUT2D eigenvalue weighted by atomic mass is 10.1. The second-order valence-electron chi connectivity index (χ2n) is 6.23. The number of rotatable bonds is 4. The van der Waals surface area contributed by atoms with Crippen molar-refractivity contribution in [2.75, 3.05) is 5.32 Å². The first-order chi connectivity index (χ1) is 13.1. The third kappa shape index (κ3) is 3.52. The van der Waals surface area contributed by atoms with Crippen LogP contribution >= 0.6 is 11.3 Å². The van der Waals surface area contributed by atoms with Crippen LogP contribution in [0.4, 0.5) is 5.82 Å². The number of hydrogen-bond acceptors (Lipinski definition) is 4. The zero-order valence-corrected chi connectivity index (χ0v) is 15.8. The molecule has 134 valence electrons. The van der Waals surface area contributed by atoms with Crippen LogP contribution in [0, 0.1) is 13.8 Å². The molecule has 0 radical (unpaired) electrons. The van der Waals surface area contributed by atoms with Crippen molar-refractivity contribution in [2.45, 2.75) is 13.8 Å². The quantitative estimate of drug-likeness (QED) is 0.555. The van der Waals surface area contributed by atoms with Crippen LogP contribution in [-0.4, -0.2) is 20.4 Å². The number of nitrogens with zero attached hydrogens (tertiary/aromatic N) is 3. The van der Waals surface area contributed by atoms with Gasteiger partial charge in [0.15, 0.2) is 5.13 Å². The summed E-state index contributed by atoms with van der Waals surface area (Å²) in [6, 6.07) is 17.5. The van der Waals surface area contributed by atoms with Crippen LogP contribution in [-0.2, 0) is 0 Å². The highest BCUT2D eigenvalue weighted by Gasteiger charge is 2.16. The van der Waals surface area contributed by atoms with Crippen molar-refractivity contribution in [1.82, 2.24) is 14.5 Å².